The largest absolute Gasteiger partial charge is 0.393 e. The first-order valence-corrected chi connectivity index (χ1v) is 6.02. The standard InChI is InChI=1S/C10H10ClF3N2O5/c11-3-1-16(9(20)15-6(3)19)7-4(18)5(12)10(2-17,21-7)8(13)14/h1,4-5,7-8,17-18H,2H2,(H,15,19,20). The molecule has 0 bridgehead atoms. The lowest BCUT2D eigenvalue weighted by Crippen LogP contribution is -2.50. The number of hydrogen-bond donors (Lipinski definition) is 3. The van der Waals surface area contributed by atoms with Crippen LogP contribution in [-0.4, -0.2) is 50.7 Å². The normalized spacial score (nSPS) is 32.8. The number of ether oxygens (including phenoxy) is 1. The summed E-state index contributed by atoms with van der Waals surface area (Å²) in [6, 6.07) is 0. The summed E-state index contributed by atoms with van der Waals surface area (Å²) in [7, 11) is 0. The predicted molar refractivity (Wildman–Crippen MR) is 63.2 cm³/mol. The van der Waals surface area contributed by atoms with E-state index in [2.05, 4.69) is 0 Å². The number of halogens is 4. The number of rotatable bonds is 3. The molecular formula is C10H10ClF3N2O5. The van der Waals surface area contributed by atoms with E-state index in [1.807, 2.05) is 0 Å². The lowest BCUT2D eigenvalue weighted by Gasteiger charge is -2.27. The average molecular weight is 331 g/mol. The van der Waals surface area contributed by atoms with E-state index in [4.69, 9.17) is 21.4 Å². The molecule has 0 aliphatic carbocycles. The molecule has 1 aromatic heterocycles. The maximum Gasteiger partial charge on any atom is 0.330 e. The molecule has 3 N–H and O–H groups in total. The molecule has 1 aliphatic rings. The number of nitrogens with zero attached hydrogens (tertiary/aromatic N) is 1. The number of aromatic amines is 1. The molecule has 2 rings (SSSR count). The number of aromatic nitrogens is 2. The molecule has 0 saturated carbocycles. The van der Waals surface area contributed by atoms with Gasteiger partial charge in [-0.15, -0.1) is 0 Å². The minimum Gasteiger partial charge on any atom is -0.393 e. The van der Waals surface area contributed by atoms with E-state index in [1.165, 1.54) is 0 Å². The van der Waals surface area contributed by atoms with Crippen LogP contribution in [0, 0.1) is 0 Å². The summed E-state index contributed by atoms with van der Waals surface area (Å²) in [4.78, 5) is 24.4. The summed E-state index contributed by atoms with van der Waals surface area (Å²) in [6.45, 7) is -1.41. The van der Waals surface area contributed by atoms with Gasteiger partial charge >= 0.3 is 5.69 Å². The van der Waals surface area contributed by atoms with Gasteiger partial charge in [0.25, 0.3) is 12.0 Å². The van der Waals surface area contributed by atoms with Crippen molar-refractivity contribution in [1.29, 1.82) is 0 Å². The van der Waals surface area contributed by atoms with Crippen molar-refractivity contribution in [2.24, 2.45) is 0 Å². The summed E-state index contributed by atoms with van der Waals surface area (Å²) in [6.07, 6.45) is -9.41. The Hall–Kier alpha value is -1.36. The molecule has 4 unspecified atom stereocenters. The van der Waals surface area contributed by atoms with Crippen LogP contribution in [0.25, 0.3) is 0 Å². The number of nitrogens with one attached hydrogen (secondary N) is 1. The zero-order valence-electron chi connectivity index (χ0n) is 10.2. The van der Waals surface area contributed by atoms with Gasteiger partial charge in [0, 0.05) is 6.20 Å². The van der Waals surface area contributed by atoms with Crippen LogP contribution in [0.2, 0.25) is 5.02 Å². The summed E-state index contributed by atoms with van der Waals surface area (Å²) in [5, 5.41) is 18.2. The molecule has 1 saturated heterocycles. The van der Waals surface area contributed by atoms with E-state index in [1.54, 1.807) is 4.98 Å². The van der Waals surface area contributed by atoms with Crippen molar-refractivity contribution in [3.63, 3.8) is 0 Å². The van der Waals surface area contributed by atoms with Gasteiger partial charge in [0.1, 0.15) is 11.1 Å². The summed E-state index contributed by atoms with van der Waals surface area (Å²) >= 11 is 5.48. The smallest absolute Gasteiger partial charge is 0.330 e. The lowest BCUT2D eigenvalue weighted by atomic mass is 9.98. The van der Waals surface area contributed by atoms with Crippen LogP contribution in [0.3, 0.4) is 0 Å². The number of alkyl halides is 3. The molecule has 1 aliphatic heterocycles. The van der Waals surface area contributed by atoms with Gasteiger partial charge in [0.2, 0.25) is 0 Å². The van der Waals surface area contributed by atoms with E-state index in [-0.39, 0.29) is 0 Å². The second kappa shape index (κ2) is 5.44. The number of hydrogen-bond acceptors (Lipinski definition) is 5. The van der Waals surface area contributed by atoms with Gasteiger partial charge in [-0.2, -0.15) is 0 Å². The highest BCUT2D eigenvalue weighted by Gasteiger charge is 2.61. The number of H-pyrrole nitrogens is 1. The van der Waals surface area contributed by atoms with E-state index < -0.39 is 53.4 Å². The Labute approximate surface area is 119 Å². The van der Waals surface area contributed by atoms with Crippen LogP contribution in [-0.2, 0) is 4.74 Å². The maximum absolute atomic E-state index is 13.9. The Morgan fingerprint density at radius 3 is 2.62 bits per heavy atom. The van der Waals surface area contributed by atoms with Gasteiger partial charge in [-0.25, -0.2) is 18.0 Å². The Morgan fingerprint density at radius 2 is 2.14 bits per heavy atom. The van der Waals surface area contributed by atoms with Crippen molar-refractivity contribution in [2.75, 3.05) is 6.61 Å². The molecule has 0 amide bonds. The quantitative estimate of drug-likeness (QED) is 0.687. The van der Waals surface area contributed by atoms with Crippen LogP contribution in [0.5, 0.6) is 0 Å². The minimum absolute atomic E-state index is 0.473. The highest BCUT2D eigenvalue weighted by atomic mass is 35.5. The fourth-order valence-electron chi connectivity index (χ4n) is 2.03. The zero-order valence-corrected chi connectivity index (χ0v) is 10.9. The van der Waals surface area contributed by atoms with Gasteiger partial charge in [-0.3, -0.25) is 14.3 Å². The lowest BCUT2D eigenvalue weighted by molar-refractivity contribution is -0.186. The first kappa shape index (κ1) is 16.0. The molecule has 1 fully saturated rings. The van der Waals surface area contributed by atoms with Gasteiger partial charge in [-0.05, 0) is 0 Å². The minimum atomic E-state index is -3.45. The summed E-state index contributed by atoms with van der Waals surface area (Å²) in [5.41, 5.74) is -5.04. The Balaban J connectivity index is 2.50. The molecule has 0 aromatic carbocycles. The predicted octanol–water partition coefficient (Wildman–Crippen LogP) is -0.586. The second-order valence-electron chi connectivity index (χ2n) is 4.46. The van der Waals surface area contributed by atoms with Crippen LogP contribution in [0.4, 0.5) is 13.2 Å². The third-order valence-electron chi connectivity index (χ3n) is 3.21. The maximum atomic E-state index is 13.9. The molecular weight excluding hydrogens is 321 g/mol. The average Bonchev–Trinajstić information content (AvgIpc) is 2.68. The van der Waals surface area contributed by atoms with Crippen molar-refractivity contribution in [1.82, 2.24) is 9.55 Å². The van der Waals surface area contributed by atoms with E-state index in [0.717, 1.165) is 6.20 Å². The van der Waals surface area contributed by atoms with Crippen molar-refractivity contribution in [2.45, 2.75) is 30.5 Å². The fraction of sp³-hybridized carbons (Fsp3) is 0.600. The molecule has 4 atom stereocenters. The Morgan fingerprint density at radius 1 is 1.52 bits per heavy atom. The summed E-state index contributed by atoms with van der Waals surface area (Å²) in [5.74, 6) is 0. The van der Waals surface area contributed by atoms with Gasteiger partial charge in [0.05, 0.1) is 6.61 Å². The van der Waals surface area contributed by atoms with E-state index >= 15 is 0 Å². The number of aliphatic hydroxyl groups is 2. The Bertz CT molecular complexity index is 650. The molecule has 7 nitrogen and oxygen atoms in total. The van der Waals surface area contributed by atoms with Crippen molar-refractivity contribution in [3.8, 4) is 0 Å². The van der Waals surface area contributed by atoms with Gasteiger partial charge in [-0.1, -0.05) is 11.6 Å². The molecule has 1 aromatic rings. The van der Waals surface area contributed by atoms with E-state index in [0.29, 0.717) is 4.57 Å². The molecule has 0 spiro atoms. The van der Waals surface area contributed by atoms with Crippen LogP contribution in [0.15, 0.2) is 15.8 Å². The molecule has 118 valence electrons. The van der Waals surface area contributed by atoms with E-state index in [9.17, 15) is 27.9 Å². The van der Waals surface area contributed by atoms with Gasteiger partial charge < -0.3 is 14.9 Å². The van der Waals surface area contributed by atoms with Crippen molar-refractivity contribution < 1.29 is 28.1 Å². The number of aliphatic hydroxyl groups excluding tert-OH is 2. The highest BCUT2D eigenvalue weighted by molar-refractivity contribution is 6.30. The third-order valence-corrected chi connectivity index (χ3v) is 3.48. The molecule has 11 heteroatoms. The fourth-order valence-corrected chi connectivity index (χ4v) is 2.18. The molecule has 2 heterocycles. The van der Waals surface area contributed by atoms with Crippen LogP contribution < -0.4 is 11.2 Å². The van der Waals surface area contributed by atoms with Crippen LogP contribution in [0.1, 0.15) is 6.23 Å². The first-order valence-electron chi connectivity index (χ1n) is 5.64. The second-order valence-corrected chi connectivity index (χ2v) is 4.87. The molecule has 0 radical (unpaired) electrons. The monoisotopic (exact) mass is 330 g/mol. The topological polar surface area (TPSA) is 105 Å². The van der Waals surface area contributed by atoms with Crippen molar-refractivity contribution >= 4 is 11.6 Å². The summed E-state index contributed by atoms with van der Waals surface area (Å²) < 4.78 is 45.0. The zero-order chi connectivity index (χ0) is 15.9. The Kier molecular flexibility index (Phi) is 4.15. The van der Waals surface area contributed by atoms with Crippen molar-refractivity contribution in [3.05, 3.63) is 32.1 Å². The first-order chi connectivity index (χ1) is 9.74. The highest BCUT2D eigenvalue weighted by Crippen LogP contribution is 2.42. The third kappa shape index (κ3) is 2.37. The van der Waals surface area contributed by atoms with Gasteiger partial charge in [0.15, 0.2) is 18.0 Å². The van der Waals surface area contributed by atoms with Crippen LogP contribution >= 0.6 is 11.6 Å². The SMILES string of the molecule is O=c1[nH]c(=O)n(C2OC(CO)(C(F)F)C(F)C2O)cc1Cl. The molecule has 21 heavy (non-hydrogen) atoms.